The molecular formula is C25H21ClFN5O5. The van der Waals surface area contributed by atoms with Crippen LogP contribution in [0.4, 0.5) is 4.39 Å². The quantitative estimate of drug-likeness (QED) is 0.404. The minimum Gasteiger partial charge on any atom is -0.468 e. The summed E-state index contributed by atoms with van der Waals surface area (Å²) in [6.45, 7) is 0.484. The van der Waals surface area contributed by atoms with Crippen molar-refractivity contribution in [2.75, 3.05) is 13.2 Å². The van der Waals surface area contributed by atoms with Gasteiger partial charge >= 0.3 is 0 Å². The Bertz CT molecular complexity index is 1490. The summed E-state index contributed by atoms with van der Waals surface area (Å²) in [6.07, 6.45) is 3.58. The zero-order valence-electron chi connectivity index (χ0n) is 19.3. The van der Waals surface area contributed by atoms with Gasteiger partial charge in [-0.3, -0.25) is 0 Å². The molecule has 12 heteroatoms. The predicted octanol–water partition coefficient (Wildman–Crippen LogP) is 3.18. The predicted molar refractivity (Wildman–Crippen MR) is 128 cm³/mol. The SMILES string of the molecule is O[C@@H]1CO[C@H]2[C@@H]1OC[C@H]2Oc1nc2nc(OC3CCc4cc(-c5cncnc5)cc(F)c43)c(Cl)cc2[nH]1. The number of aliphatic hydroxyl groups is 1. The summed E-state index contributed by atoms with van der Waals surface area (Å²) in [6, 6.07) is 5.29. The molecule has 2 N–H and O–H groups in total. The van der Waals surface area contributed by atoms with Gasteiger partial charge in [0.05, 0.1) is 18.7 Å². The number of H-pyrrole nitrogens is 1. The molecule has 7 rings (SSSR count). The molecule has 2 aliphatic heterocycles. The maximum absolute atomic E-state index is 15.2. The molecule has 190 valence electrons. The molecule has 1 aliphatic carbocycles. The van der Waals surface area contributed by atoms with E-state index in [0.29, 0.717) is 29.6 Å². The van der Waals surface area contributed by atoms with Gasteiger partial charge < -0.3 is 29.0 Å². The van der Waals surface area contributed by atoms with Gasteiger partial charge in [-0.15, -0.1) is 0 Å². The van der Waals surface area contributed by atoms with Gasteiger partial charge in [-0.05, 0) is 36.1 Å². The number of hydrogen-bond acceptors (Lipinski definition) is 9. The molecule has 0 bridgehead atoms. The molecule has 2 fully saturated rings. The fourth-order valence-corrected chi connectivity index (χ4v) is 5.44. The Labute approximate surface area is 214 Å². The average molecular weight is 526 g/mol. The number of ether oxygens (including phenoxy) is 4. The van der Waals surface area contributed by atoms with Crippen molar-refractivity contribution in [3.63, 3.8) is 0 Å². The van der Waals surface area contributed by atoms with Gasteiger partial charge in [0, 0.05) is 23.5 Å². The average Bonchev–Trinajstić information content (AvgIpc) is 3.66. The van der Waals surface area contributed by atoms with Gasteiger partial charge in [0.1, 0.15) is 41.6 Å². The second-order valence-electron chi connectivity index (χ2n) is 9.31. The van der Waals surface area contributed by atoms with E-state index in [1.165, 1.54) is 12.4 Å². The van der Waals surface area contributed by atoms with E-state index in [4.69, 9.17) is 30.5 Å². The molecule has 0 amide bonds. The van der Waals surface area contributed by atoms with Crippen molar-refractivity contribution in [1.82, 2.24) is 24.9 Å². The topological polar surface area (TPSA) is 124 Å². The number of pyridine rings is 1. The van der Waals surface area contributed by atoms with Crippen LogP contribution in [0.2, 0.25) is 5.02 Å². The van der Waals surface area contributed by atoms with E-state index in [2.05, 4.69) is 24.9 Å². The van der Waals surface area contributed by atoms with Gasteiger partial charge in [-0.2, -0.15) is 9.97 Å². The van der Waals surface area contributed by atoms with Crippen molar-refractivity contribution in [2.45, 2.75) is 43.4 Å². The molecule has 0 saturated carbocycles. The molecule has 5 heterocycles. The normalized spacial score (nSPS) is 26.4. The Balaban J connectivity index is 1.12. The van der Waals surface area contributed by atoms with E-state index >= 15 is 4.39 Å². The number of fused-ring (bicyclic) bond motifs is 3. The Morgan fingerprint density at radius 2 is 1.86 bits per heavy atom. The lowest BCUT2D eigenvalue weighted by molar-refractivity contribution is 0.00706. The number of rotatable bonds is 5. The number of nitrogens with zero attached hydrogens (tertiary/aromatic N) is 4. The van der Waals surface area contributed by atoms with E-state index in [1.807, 2.05) is 6.07 Å². The number of aliphatic hydroxyl groups excluding tert-OH is 1. The highest BCUT2D eigenvalue weighted by Gasteiger charge is 2.48. The third kappa shape index (κ3) is 3.98. The van der Waals surface area contributed by atoms with E-state index in [9.17, 15) is 5.11 Å². The molecular weight excluding hydrogens is 505 g/mol. The highest BCUT2D eigenvalue weighted by Crippen LogP contribution is 2.40. The zero-order chi connectivity index (χ0) is 25.1. The van der Waals surface area contributed by atoms with Crippen LogP contribution in [0.25, 0.3) is 22.3 Å². The van der Waals surface area contributed by atoms with Gasteiger partial charge in [0.2, 0.25) is 5.88 Å². The highest BCUT2D eigenvalue weighted by molar-refractivity contribution is 6.32. The van der Waals surface area contributed by atoms with Crippen molar-refractivity contribution in [1.29, 1.82) is 0 Å². The molecule has 37 heavy (non-hydrogen) atoms. The first kappa shape index (κ1) is 22.8. The monoisotopic (exact) mass is 525 g/mol. The maximum atomic E-state index is 15.2. The summed E-state index contributed by atoms with van der Waals surface area (Å²) >= 11 is 6.47. The summed E-state index contributed by atoms with van der Waals surface area (Å²) in [5, 5.41) is 10.2. The van der Waals surface area contributed by atoms with Crippen molar-refractivity contribution in [3.8, 4) is 23.0 Å². The first-order valence-corrected chi connectivity index (χ1v) is 12.3. The number of benzene rings is 1. The zero-order valence-corrected chi connectivity index (χ0v) is 20.1. The van der Waals surface area contributed by atoms with Gasteiger partial charge in [0.15, 0.2) is 11.8 Å². The second kappa shape index (κ2) is 8.88. The van der Waals surface area contributed by atoms with Crippen LogP contribution in [0.15, 0.2) is 36.9 Å². The largest absolute Gasteiger partial charge is 0.468 e. The smallest absolute Gasteiger partial charge is 0.296 e. The maximum Gasteiger partial charge on any atom is 0.296 e. The first-order chi connectivity index (χ1) is 18.0. The van der Waals surface area contributed by atoms with Crippen LogP contribution in [-0.2, 0) is 15.9 Å². The molecule has 3 aromatic heterocycles. The Morgan fingerprint density at radius 3 is 2.73 bits per heavy atom. The summed E-state index contributed by atoms with van der Waals surface area (Å²) in [5.74, 6) is -0.195. The molecule has 2 saturated heterocycles. The lowest BCUT2D eigenvalue weighted by Gasteiger charge is -2.16. The number of halogens is 2. The Kier molecular flexibility index (Phi) is 5.47. The van der Waals surface area contributed by atoms with E-state index in [1.54, 1.807) is 18.5 Å². The molecule has 4 aromatic rings. The second-order valence-corrected chi connectivity index (χ2v) is 9.72. The fourth-order valence-electron chi connectivity index (χ4n) is 5.25. The summed E-state index contributed by atoms with van der Waals surface area (Å²) in [4.78, 5) is 19.9. The minimum atomic E-state index is -0.668. The van der Waals surface area contributed by atoms with Crippen molar-refractivity contribution >= 4 is 22.8 Å². The van der Waals surface area contributed by atoms with Gasteiger partial charge in [-0.25, -0.2) is 14.4 Å². The van der Waals surface area contributed by atoms with E-state index in [-0.39, 0.29) is 42.0 Å². The minimum absolute atomic E-state index is 0.163. The van der Waals surface area contributed by atoms with Crippen LogP contribution in [0.1, 0.15) is 23.7 Å². The molecule has 1 unspecified atom stereocenters. The van der Waals surface area contributed by atoms with Crippen LogP contribution >= 0.6 is 11.6 Å². The number of imidazole rings is 1. The van der Waals surface area contributed by atoms with Crippen LogP contribution in [0.5, 0.6) is 11.9 Å². The third-order valence-electron chi connectivity index (χ3n) is 6.98. The number of hydrogen-bond donors (Lipinski definition) is 2. The lowest BCUT2D eigenvalue weighted by atomic mass is 10.0. The van der Waals surface area contributed by atoms with Gasteiger partial charge in [0.25, 0.3) is 6.01 Å². The summed E-state index contributed by atoms with van der Waals surface area (Å²) in [5.41, 5.74) is 3.73. The van der Waals surface area contributed by atoms with Crippen LogP contribution < -0.4 is 9.47 Å². The number of aromatic amines is 1. The molecule has 5 atom stereocenters. The van der Waals surface area contributed by atoms with Crippen molar-refractivity contribution < 1.29 is 28.4 Å². The molecule has 1 aromatic carbocycles. The van der Waals surface area contributed by atoms with Crippen LogP contribution in [-0.4, -0.2) is 67.7 Å². The van der Waals surface area contributed by atoms with E-state index in [0.717, 1.165) is 16.7 Å². The molecule has 3 aliphatic rings. The highest BCUT2D eigenvalue weighted by atomic mass is 35.5. The standard InChI is InChI=1S/C25H21ClFN5O5/c26-14-5-16-23(32-25(30-16)37-19-9-35-21-17(33)8-34-22(19)21)31-24(14)36-18-2-1-11-3-12(4-15(27)20(11)18)13-6-28-10-29-7-13/h3-7,10,17-19,21-22,33H,1-2,8-9H2,(H,30,31,32)/t17-,18?,19-,21-,22-/m1/s1. The number of nitrogens with one attached hydrogen (secondary N) is 1. The molecule has 0 radical (unpaired) electrons. The summed E-state index contributed by atoms with van der Waals surface area (Å²) < 4.78 is 38.4. The van der Waals surface area contributed by atoms with Gasteiger partial charge in [-0.1, -0.05) is 17.7 Å². The van der Waals surface area contributed by atoms with Crippen LogP contribution in [0, 0.1) is 5.82 Å². The lowest BCUT2D eigenvalue weighted by Crippen LogP contribution is -2.34. The number of aryl methyl sites for hydroxylation is 1. The number of aromatic nitrogens is 5. The fraction of sp³-hybridized carbons (Fsp3) is 0.360. The first-order valence-electron chi connectivity index (χ1n) is 11.9. The van der Waals surface area contributed by atoms with E-state index < -0.39 is 24.4 Å². The van der Waals surface area contributed by atoms with Crippen molar-refractivity contribution in [3.05, 3.63) is 58.9 Å². The Morgan fingerprint density at radius 1 is 1.03 bits per heavy atom. The van der Waals surface area contributed by atoms with Crippen LogP contribution in [0.3, 0.4) is 0 Å². The third-order valence-corrected chi connectivity index (χ3v) is 7.25. The summed E-state index contributed by atoms with van der Waals surface area (Å²) in [7, 11) is 0. The molecule has 10 nitrogen and oxygen atoms in total. The van der Waals surface area contributed by atoms with Crippen molar-refractivity contribution in [2.24, 2.45) is 0 Å². The Hall–Kier alpha value is -3.38. The molecule has 0 spiro atoms.